The largest absolute Gasteiger partial charge is 0.464 e. The summed E-state index contributed by atoms with van der Waals surface area (Å²) in [6.07, 6.45) is 5.08. The molecule has 0 radical (unpaired) electrons. The van der Waals surface area contributed by atoms with Crippen LogP contribution in [0.4, 0.5) is 0 Å². The molecule has 218 valence electrons. The van der Waals surface area contributed by atoms with Crippen molar-refractivity contribution in [2.24, 2.45) is 0 Å². The normalized spacial score (nSPS) is 10.7. The van der Waals surface area contributed by atoms with E-state index >= 15 is 0 Å². The van der Waals surface area contributed by atoms with Crippen LogP contribution in [0.2, 0.25) is 0 Å². The van der Waals surface area contributed by atoms with Crippen LogP contribution < -0.4 is 17.1 Å². The molecule has 0 unspecified atom stereocenters. The van der Waals surface area contributed by atoms with Crippen LogP contribution >= 0.6 is 0 Å². The van der Waals surface area contributed by atoms with Crippen molar-refractivity contribution in [2.75, 3.05) is 52.0 Å². The van der Waals surface area contributed by atoms with Crippen molar-refractivity contribution in [1.29, 1.82) is 0 Å². The molecule has 0 atom stereocenters. The van der Waals surface area contributed by atoms with Gasteiger partial charge in [0.05, 0.1) is 26.1 Å². The van der Waals surface area contributed by atoms with Gasteiger partial charge in [-0.25, -0.2) is 37.7 Å². The molecule has 0 N–H and O–H groups in total. The number of hydrogen-bond donors (Lipinski definition) is 0. The van der Waals surface area contributed by atoms with E-state index in [4.69, 9.17) is 14.2 Å². The van der Waals surface area contributed by atoms with Crippen LogP contribution in [0.3, 0.4) is 0 Å². The third kappa shape index (κ3) is 11.8. The highest BCUT2D eigenvalue weighted by molar-refractivity contribution is 7.85. The second-order valence-corrected chi connectivity index (χ2v) is 10.3. The monoisotopic (exact) mass is 569 g/mol. The lowest BCUT2D eigenvalue weighted by atomic mass is 10.3. The Kier molecular flexibility index (Phi) is 15.3. The standard InChI is InChI=1S/C25H37N4O9S/c1-6-20(30)36-16-13-27-23(33)28(14-17-37-21(31)7-2)25(35)29(24(27)34)15-18-38-22(32)10-12-26(4)11-9-19-39(5)8-3/h6-7H,1-2,9-19H2,3-5H3/q-1. The Balaban J connectivity index is 2.90. The number of carbonyl (C=O) groups excluding carboxylic acids is 3. The van der Waals surface area contributed by atoms with Crippen LogP contribution in [0.5, 0.6) is 0 Å². The van der Waals surface area contributed by atoms with Crippen molar-refractivity contribution in [2.45, 2.75) is 39.4 Å². The second kappa shape index (κ2) is 17.8. The Morgan fingerprint density at radius 2 is 1.28 bits per heavy atom. The molecule has 0 aliphatic rings. The van der Waals surface area contributed by atoms with Crippen LogP contribution in [-0.4, -0.2) is 88.5 Å². The molecule has 1 aromatic rings. The molecule has 1 rings (SSSR count). The zero-order chi connectivity index (χ0) is 29.4. The Morgan fingerprint density at radius 1 is 0.846 bits per heavy atom. The van der Waals surface area contributed by atoms with Crippen molar-refractivity contribution in [3.63, 3.8) is 0 Å². The smallest absolute Gasteiger partial charge is 0.336 e. The van der Waals surface area contributed by atoms with Crippen LogP contribution in [0.25, 0.3) is 0 Å². The minimum absolute atomic E-state index is 0.127. The molecule has 39 heavy (non-hydrogen) atoms. The number of nitrogens with zero attached hydrogens (tertiary/aromatic N) is 4. The molecule has 0 spiro atoms. The van der Waals surface area contributed by atoms with Crippen LogP contribution in [0.1, 0.15) is 19.8 Å². The number of hydrogen-bond acceptors (Lipinski definition) is 11. The highest BCUT2D eigenvalue weighted by atomic mass is 32.2. The van der Waals surface area contributed by atoms with Gasteiger partial charge in [-0.1, -0.05) is 19.6 Å². The molecule has 0 fully saturated rings. The summed E-state index contributed by atoms with van der Waals surface area (Å²) >= 11 is 0. The Morgan fingerprint density at radius 3 is 1.69 bits per heavy atom. The van der Waals surface area contributed by atoms with Gasteiger partial charge in [-0.15, -0.1) is 12.0 Å². The number of carbonyl (C=O) groups is 3. The fraction of sp³-hybridized carbons (Fsp3) is 0.560. The average Bonchev–Trinajstić information content (AvgIpc) is 2.92. The van der Waals surface area contributed by atoms with Crippen LogP contribution in [0, 0.1) is 5.18 Å². The summed E-state index contributed by atoms with van der Waals surface area (Å²) in [4.78, 5) is 75.4. The first-order valence-corrected chi connectivity index (χ1v) is 14.0. The molecule has 0 bridgehead atoms. The van der Waals surface area contributed by atoms with E-state index in [1.54, 1.807) is 0 Å². The van der Waals surface area contributed by atoms with Crippen molar-refractivity contribution in [1.82, 2.24) is 18.6 Å². The van der Waals surface area contributed by atoms with Gasteiger partial charge in [-0.05, 0) is 20.5 Å². The third-order valence-electron chi connectivity index (χ3n) is 5.45. The van der Waals surface area contributed by atoms with Gasteiger partial charge in [-0.3, -0.25) is 4.79 Å². The van der Waals surface area contributed by atoms with Gasteiger partial charge in [0.15, 0.2) is 0 Å². The lowest BCUT2D eigenvalue weighted by Crippen LogP contribution is -2.55. The zero-order valence-corrected chi connectivity index (χ0v) is 23.5. The van der Waals surface area contributed by atoms with Crippen LogP contribution in [-0.2, 0) is 58.5 Å². The van der Waals surface area contributed by atoms with E-state index in [0.717, 1.165) is 35.4 Å². The molecule has 0 amide bonds. The molecule has 1 aromatic heterocycles. The molecule has 0 aromatic carbocycles. The topological polar surface area (TPSA) is 148 Å². The van der Waals surface area contributed by atoms with E-state index in [1.165, 1.54) is 0 Å². The van der Waals surface area contributed by atoms with Gasteiger partial charge in [0.1, 0.15) is 19.8 Å². The summed E-state index contributed by atoms with van der Waals surface area (Å²) < 4.78 is 17.0. The van der Waals surface area contributed by atoms with E-state index in [2.05, 4.69) is 24.6 Å². The van der Waals surface area contributed by atoms with Crippen molar-refractivity contribution < 1.29 is 28.6 Å². The van der Waals surface area contributed by atoms with Crippen molar-refractivity contribution >= 4 is 28.2 Å². The molecular formula is C25H37N4O9S-. The lowest BCUT2D eigenvalue weighted by Gasteiger charge is -2.18. The zero-order valence-electron chi connectivity index (χ0n) is 22.7. The highest BCUT2D eigenvalue weighted by Gasteiger charge is 2.17. The summed E-state index contributed by atoms with van der Waals surface area (Å²) in [6, 6.07) is 0. The molecular weight excluding hydrogens is 532 g/mol. The number of aromatic nitrogens is 3. The van der Waals surface area contributed by atoms with Gasteiger partial charge in [0.25, 0.3) is 0 Å². The molecule has 0 saturated carbocycles. The van der Waals surface area contributed by atoms with Gasteiger partial charge >= 0.3 is 35.0 Å². The highest BCUT2D eigenvalue weighted by Crippen LogP contribution is 1.95. The molecule has 14 heteroatoms. The predicted molar refractivity (Wildman–Crippen MR) is 147 cm³/mol. The Bertz CT molecular complexity index is 1230. The quantitative estimate of drug-likeness (QED) is 0.100. The van der Waals surface area contributed by atoms with E-state index < -0.39 is 35.0 Å². The van der Waals surface area contributed by atoms with E-state index in [0.29, 0.717) is 15.7 Å². The first-order chi connectivity index (χ1) is 18.5. The first-order valence-electron chi connectivity index (χ1n) is 12.2. The maximum absolute atomic E-state index is 12.9. The number of esters is 3. The molecule has 13 nitrogen and oxygen atoms in total. The third-order valence-corrected chi connectivity index (χ3v) is 7.05. The first kappa shape index (κ1) is 33.4. The maximum Gasteiger partial charge on any atom is 0.336 e. The maximum atomic E-state index is 12.9. The summed E-state index contributed by atoms with van der Waals surface area (Å²) in [5, 5.41) is 3.20. The fourth-order valence-corrected chi connectivity index (χ4v) is 3.99. The molecule has 0 aliphatic heterocycles. The average molecular weight is 570 g/mol. The summed E-state index contributed by atoms with van der Waals surface area (Å²) in [7, 11) is 2.06. The van der Waals surface area contributed by atoms with E-state index in [-0.39, 0.29) is 56.2 Å². The number of ether oxygens (including phenoxy) is 3. The van der Waals surface area contributed by atoms with Gasteiger partial charge in [0, 0.05) is 18.7 Å². The SMILES string of the molecule is C=CC(=O)OCCn1c(=O)n(CCOC(=O)C=C)c(=O)n(CCOC(=O)CCN(C)CCC[S-](C)#CC)c1=O. The molecule has 0 aliphatic carbocycles. The van der Waals surface area contributed by atoms with Crippen molar-refractivity contribution in [3.8, 4) is 5.18 Å². The van der Waals surface area contributed by atoms with E-state index in [1.807, 2.05) is 18.9 Å². The van der Waals surface area contributed by atoms with Gasteiger partial charge in [-0.2, -0.15) is 0 Å². The minimum atomic E-state index is -0.977. The lowest BCUT2D eigenvalue weighted by molar-refractivity contribution is -0.144. The predicted octanol–water partition coefficient (Wildman–Crippen LogP) is -0.887. The molecule has 0 saturated heterocycles. The fourth-order valence-electron chi connectivity index (χ4n) is 3.22. The molecule has 1 heterocycles. The second-order valence-electron chi connectivity index (χ2n) is 8.22. The van der Waals surface area contributed by atoms with Crippen molar-refractivity contribution in [3.05, 3.63) is 56.8 Å². The summed E-state index contributed by atoms with van der Waals surface area (Å²) in [5.41, 5.74) is -2.91. The minimum Gasteiger partial charge on any atom is -0.464 e. The van der Waals surface area contributed by atoms with Crippen LogP contribution in [0.15, 0.2) is 39.7 Å². The number of rotatable bonds is 17. The van der Waals surface area contributed by atoms with Gasteiger partial charge < -0.3 is 34.6 Å². The van der Waals surface area contributed by atoms with Gasteiger partial charge in [0.2, 0.25) is 0 Å². The Hall–Kier alpha value is -3.61. The van der Waals surface area contributed by atoms with E-state index in [9.17, 15) is 28.8 Å². The summed E-state index contributed by atoms with van der Waals surface area (Å²) in [5.74, 6) is -0.966. The Labute approximate surface area is 228 Å². The summed E-state index contributed by atoms with van der Waals surface area (Å²) in [6.45, 7) is 7.80.